The van der Waals surface area contributed by atoms with Crippen molar-refractivity contribution in [1.29, 1.82) is 0 Å². The van der Waals surface area contributed by atoms with Crippen LogP contribution in [0.5, 0.6) is 17.2 Å². The third-order valence-corrected chi connectivity index (χ3v) is 4.76. The van der Waals surface area contributed by atoms with Gasteiger partial charge in [0.1, 0.15) is 17.2 Å². The van der Waals surface area contributed by atoms with Gasteiger partial charge in [0.15, 0.2) is 0 Å². The van der Waals surface area contributed by atoms with Gasteiger partial charge in [-0.1, -0.05) is 12.1 Å². The molecule has 0 radical (unpaired) electrons. The van der Waals surface area contributed by atoms with Crippen LogP contribution in [0.15, 0.2) is 76.2 Å². The summed E-state index contributed by atoms with van der Waals surface area (Å²) >= 11 is 0. The fourth-order valence-corrected chi connectivity index (χ4v) is 3.02. The molecule has 1 aromatic heterocycles. The van der Waals surface area contributed by atoms with Crippen molar-refractivity contribution in [3.05, 3.63) is 77.9 Å². The average Bonchev–Trinajstić information content (AvgIpc) is 3.35. The summed E-state index contributed by atoms with van der Waals surface area (Å²) in [5, 5.41) is 21.9. The van der Waals surface area contributed by atoms with Gasteiger partial charge in [0.05, 0.1) is 26.0 Å². The molecular weight excluding hydrogens is 424 g/mol. The Labute approximate surface area is 189 Å². The summed E-state index contributed by atoms with van der Waals surface area (Å²) in [5.41, 5.74) is 4.56. The zero-order chi connectivity index (χ0) is 23.2. The molecule has 0 saturated carbocycles. The Morgan fingerprint density at radius 2 is 1.76 bits per heavy atom. The van der Waals surface area contributed by atoms with Crippen LogP contribution < -0.4 is 14.9 Å². The SMILES string of the molecule is COc1ccc(O)c(/C=N/NC(=O)c2ccc(-c3nnc(-c4ccccc4OC)o3)cc2)c1. The number of phenolic OH excluding ortho intramolecular Hbond substituents is 1. The molecule has 1 heterocycles. The molecule has 0 unspecified atom stereocenters. The van der Waals surface area contributed by atoms with Crippen LogP contribution in [0.3, 0.4) is 0 Å². The topological polar surface area (TPSA) is 119 Å². The number of aromatic nitrogens is 2. The number of rotatable bonds is 7. The Kier molecular flexibility index (Phi) is 6.31. The number of para-hydroxylation sites is 1. The van der Waals surface area contributed by atoms with E-state index in [4.69, 9.17) is 13.9 Å². The highest BCUT2D eigenvalue weighted by molar-refractivity contribution is 5.95. The summed E-state index contributed by atoms with van der Waals surface area (Å²) in [6.07, 6.45) is 1.34. The Bertz CT molecular complexity index is 1300. The molecule has 0 aliphatic heterocycles. The van der Waals surface area contributed by atoms with Crippen molar-refractivity contribution in [2.24, 2.45) is 5.10 Å². The molecule has 2 N–H and O–H groups in total. The molecule has 0 spiro atoms. The van der Waals surface area contributed by atoms with Crippen molar-refractivity contribution < 1.29 is 23.8 Å². The maximum Gasteiger partial charge on any atom is 0.271 e. The second-order valence-electron chi connectivity index (χ2n) is 6.81. The molecule has 4 rings (SSSR count). The van der Waals surface area contributed by atoms with Crippen LogP contribution in [0.4, 0.5) is 0 Å². The van der Waals surface area contributed by atoms with Gasteiger partial charge in [-0.2, -0.15) is 5.10 Å². The monoisotopic (exact) mass is 444 g/mol. The van der Waals surface area contributed by atoms with E-state index in [9.17, 15) is 9.90 Å². The van der Waals surface area contributed by atoms with Crippen molar-refractivity contribution in [2.45, 2.75) is 0 Å². The van der Waals surface area contributed by atoms with Gasteiger partial charge in [-0.3, -0.25) is 4.79 Å². The summed E-state index contributed by atoms with van der Waals surface area (Å²) in [6.45, 7) is 0. The largest absolute Gasteiger partial charge is 0.507 e. The van der Waals surface area contributed by atoms with E-state index in [2.05, 4.69) is 20.7 Å². The number of benzene rings is 3. The number of carbonyl (C=O) groups excluding carboxylic acids is 1. The summed E-state index contributed by atoms with van der Waals surface area (Å²) in [5.74, 6) is 1.44. The van der Waals surface area contributed by atoms with E-state index >= 15 is 0 Å². The molecule has 9 heteroatoms. The minimum absolute atomic E-state index is 0.0187. The van der Waals surface area contributed by atoms with Gasteiger partial charge < -0.3 is 19.0 Å². The molecule has 4 aromatic rings. The number of hydrogen-bond acceptors (Lipinski definition) is 8. The number of methoxy groups -OCH3 is 2. The first-order valence-corrected chi connectivity index (χ1v) is 9.87. The standard InChI is InChI=1S/C24H20N4O5/c1-31-18-11-12-20(29)17(13-18)14-25-26-22(30)15-7-9-16(10-8-15)23-27-28-24(33-23)19-5-3-4-6-21(19)32-2/h3-14,29H,1-2H3,(H,26,30)/b25-14+. The molecule has 0 aliphatic carbocycles. The quantitative estimate of drug-likeness (QED) is 0.328. The molecule has 0 atom stereocenters. The normalized spacial score (nSPS) is 10.8. The van der Waals surface area contributed by atoms with Gasteiger partial charge in [-0.05, 0) is 54.6 Å². The van der Waals surface area contributed by atoms with E-state index in [1.807, 2.05) is 24.3 Å². The summed E-state index contributed by atoms with van der Waals surface area (Å²) in [7, 11) is 3.09. The molecule has 9 nitrogen and oxygen atoms in total. The highest BCUT2D eigenvalue weighted by Gasteiger charge is 2.14. The van der Waals surface area contributed by atoms with E-state index in [1.54, 1.807) is 43.5 Å². The zero-order valence-electron chi connectivity index (χ0n) is 17.9. The first kappa shape index (κ1) is 21.6. The summed E-state index contributed by atoms with van der Waals surface area (Å²) in [6, 6.07) is 18.7. The number of aromatic hydroxyl groups is 1. The third-order valence-electron chi connectivity index (χ3n) is 4.76. The van der Waals surface area contributed by atoms with Crippen molar-refractivity contribution in [2.75, 3.05) is 14.2 Å². The van der Waals surface area contributed by atoms with Gasteiger partial charge >= 0.3 is 0 Å². The van der Waals surface area contributed by atoms with E-state index < -0.39 is 5.91 Å². The smallest absolute Gasteiger partial charge is 0.271 e. The fourth-order valence-electron chi connectivity index (χ4n) is 3.02. The number of amides is 1. The number of carbonyl (C=O) groups is 1. The number of phenols is 1. The van der Waals surface area contributed by atoms with Crippen molar-refractivity contribution in [3.63, 3.8) is 0 Å². The van der Waals surface area contributed by atoms with Crippen LogP contribution in [0, 0.1) is 0 Å². The highest BCUT2D eigenvalue weighted by Crippen LogP contribution is 2.30. The van der Waals surface area contributed by atoms with E-state index in [-0.39, 0.29) is 5.75 Å². The Hall–Kier alpha value is -4.66. The molecule has 0 aliphatic rings. The fraction of sp³-hybridized carbons (Fsp3) is 0.0833. The van der Waals surface area contributed by atoms with Gasteiger partial charge in [0.2, 0.25) is 5.89 Å². The molecule has 3 aromatic carbocycles. The first-order valence-electron chi connectivity index (χ1n) is 9.87. The molecule has 1 amide bonds. The third kappa shape index (κ3) is 4.82. The van der Waals surface area contributed by atoms with Gasteiger partial charge in [-0.15, -0.1) is 10.2 Å². The molecule has 0 saturated heterocycles. The second-order valence-corrected chi connectivity index (χ2v) is 6.81. The predicted molar refractivity (Wildman–Crippen MR) is 121 cm³/mol. The number of ether oxygens (including phenoxy) is 2. The molecule has 0 fully saturated rings. The number of nitrogens with one attached hydrogen (secondary N) is 1. The molecule has 166 valence electrons. The number of hydrogen-bond donors (Lipinski definition) is 2. The summed E-state index contributed by atoms with van der Waals surface area (Å²) < 4.78 is 16.2. The van der Waals surface area contributed by atoms with E-state index in [0.717, 1.165) is 0 Å². The number of nitrogens with zero attached hydrogens (tertiary/aromatic N) is 3. The lowest BCUT2D eigenvalue weighted by molar-refractivity contribution is 0.0955. The van der Waals surface area contributed by atoms with Crippen molar-refractivity contribution in [3.8, 4) is 40.2 Å². The molecule has 33 heavy (non-hydrogen) atoms. The predicted octanol–water partition coefficient (Wildman–Crippen LogP) is 3.89. The Morgan fingerprint density at radius 3 is 2.52 bits per heavy atom. The maximum atomic E-state index is 12.4. The zero-order valence-corrected chi connectivity index (χ0v) is 17.9. The van der Waals surface area contributed by atoms with E-state index in [1.165, 1.54) is 19.4 Å². The molecular formula is C24H20N4O5. The van der Waals surface area contributed by atoms with Gasteiger partial charge in [-0.25, -0.2) is 5.43 Å². The summed E-state index contributed by atoms with van der Waals surface area (Å²) in [4.78, 5) is 12.4. The lowest BCUT2D eigenvalue weighted by Gasteiger charge is -2.04. The van der Waals surface area contributed by atoms with Gasteiger partial charge in [0, 0.05) is 16.7 Å². The number of hydrazone groups is 1. The van der Waals surface area contributed by atoms with Crippen molar-refractivity contribution >= 4 is 12.1 Å². The Balaban J connectivity index is 1.44. The minimum Gasteiger partial charge on any atom is -0.507 e. The van der Waals surface area contributed by atoms with Crippen LogP contribution in [0.2, 0.25) is 0 Å². The molecule has 0 bridgehead atoms. The van der Waals surface area contributed by atoms with Gasteiger partial charge in [0.25, 0.3) is 11.8 Å². The van der Waals surface area contributed by atoms with Crippen LogP contribution in [-0.2, 0) is 0 Å². The van der Waals surface area contributed by atoms with Crippen LogP contribution in [0.1, 0.15) is 15.9 Å². The lowest BCUT2D eigenvalue weighted by Crippen LogP contribution is -2.17. The second kappa shape index (κ2) is 9.65. The average molecular weight is 444 g/mol. The van der Waals surface area contributed by atoms with Crippen LogP contribution in [-0.4, -0.2) is 41.6 Å². The minimum atomic E-state index is -0.416. The Morgan fingerprint density at radius 1 is 1.00 bits per heavy atom. The van der Waals surface area contributed by atoms with E-state index in [0.29, 0.717) is 45.5 Å². The lowest BCUT2D eigenvalue weighted by atomic mass is 10.1. The van der Waals surface area contributed by atoms with Crippen LogP contribution >= 0.6 is 0 Å². The maximum absolute atomic E-state index is 12.4. The van der Waals surface area contributed by atoms with Crippen molar-refractivity contribution in [1.82, 2.24) is 15.6 Å². The highest BCUT2D eigenvalue weighted by atomic mass is 16.5. The first-order chi connectivity index (χ1) is 16.1. The van der Waals surface area contributed by atoms with Crippen LogP contribution in [0.25, 0.3) is 22.9 Å².